The number of nitrogens with zero attached hydrogens (tertiary/aromatic N) is 4. The van der Waals surface area contributed by atoms with Gasteiger partial charge in [-0.15, -0.1) is 0 Å². The van der Waals surface area contributed by atoms with Crippen LogP contribution in [0.3, 0.4) is 0 Å². The molecule has 4 N–H and O–H groups in total. The number of ether oxygens (including phenoxy) is 1. The van der Waals surface area contributed by atoms with Gasteiger partial charge in [-0.25, -0.2) is 9.97 Å². The highest BCUT2D eigenvalue weighted by Crippen LogP contribution is 2.32. The molecule has 4 rings (SSSR count). The molecule has 0 spiro atoms. The van der Waals surface area contributed by atoms with Gasteiger partial charge in [-0.2, -0.15) is 9.61 Å². The normalized spacial score (nSPS) is 13.8. The van der Waals surface area contributed by atoms with Crippen molar-refractivity contribution in [3.05, 3.63) is 36.2 Å². The van der Waals surface area contributed by atoms with Crippen molar-refractivity contribution in [3.63, 3.8) is 0 Å². The maximum absolute atomic E-state index is 12.7. The summed E-state index contributed by atoms with van der Waals surface area (Å²) in [4.78, 5) is 21.6. The number of aliphatic hydroxyl groups is 1. The molecular weight excluding hydrogens is 398 g/mol. The number of fused-ring (bicyclic) bond motifs is 1. The van der Waals surface area contributed by atoms with E-state index in [-0.39, 0.29) is 12.0 Å². The molecule has 0 radical (unpaired) electrons. The molecule has 1 amide bonds. The highest BCUT2D eigenvalue weighted by Gasteiger charge is 2.25. The monoisotopic (exact) mass is 425 g/mol. The van der Waals surface area contributed by atoms with Gasteiger partial charge in [-0.1, -0.05) is 0 Å². The zero-order valence-electron chi connectivity index (χ0n) is 17.8. The molecule has 0 unspecified atom stereocenters. The summed E-state index contributed by atoms with van der Waals surface area (Å²) in [6.45, 7) is 3.74. The Hall–Kier alpha value is -3.40. The Morgan fingerprint density at radius 2 is 2.19 bits per heavy atom. The Bertz CT molecular complexity index is 1090. The van der Waals surface area contributed by atoms with Crippen LogP contribution in [0, 0.1) is 0 Å². The number of carbonyl (C=O) groups excluding carboxylic acids is 1. The minimum Gasteiger partial charge on any atom is -0.473 e. The minimum absolute atomic E-state index is 0.216. The van der Waals surface area contributed by atoms with Gasteiger partial charge in [0.15, 0.2) is 5.65 Å². The Kier molecular flexibility index (Phi) is 5.64. The Morgan fingerprint density at radius 3 is 2.90 bits per heavy atom. The van der Waals surface area contributed by atoms with E-state index in [1.165, 1.54) is 6.20 Å². The Labute approximate surface area is 180 Å². The van der Waals surface area contributed by atoms with Crippen molar-refractivity contribution in [3.8, 4) is 5.88 Å². The first-order valence-corrected chi connectivity index (χ1v) is 10.3. The van der Waals surface area contributed by atoms with Crippen LogP contribution in [0.4, 0.5) is 17.3 Å². The molecule has 31 heavy (non-hydrogen) atoms. The van der Waals surface area contributed by atoms with Gasteiger partial charge in [-0.3, -0.25) is 4.79 Å². The number of amides is 1. The second-order valence-electron chi connectivity index (χ2n) is 8.19. The lowest BCUT2D eigenvalue weighted by atomic mass is 10.1. The van der Waals surface area contributed by atoms with Crippen LogP contribution in [0.1, 0.15) is 43.5 Å². The van der Waals surface area contributed by atoms with E-state index in [4.69, 9.17) is 4.74 Å². The van der Waals surface area contributed by atoms with E-state index >= 15 is 0 Å². The van der Waals surface area contributed by atoms with Gasteiger partial charge in [0.05, 0.1) is 11.8 Å². The van der Waals surface area contributed by atoms with E-state index in [0.717, 1.165) is 12.8 Å². The summed E-state index contributed by atoms with van der Waals surface area (Å²) < 4.78 is 7.44. The number of nitrogens with one attached hydrogen (secondary N) is 3. The van der Waals surface area contributed by atoms with Gasteiger partial charge in [0.25, 0.3) is 5.91 Å². The number of pyridine rings is 1. The topological polar surface area (TPSA) is 126 Å². The predicted octanol–water partition coefficient (Wildman–Crippen LogP) is 2.34. The molecule has 164 valence electrons. The van der Waals surface area contributed by atoms with Gasteiger partial charge >= 0.3 is 0 Å². The van der Waals surface area contributed by atoms with Crippen LogP contribution in [0.5, 0.6) is 5.88 Å². The molecule has 1 saturated carbocycles. The molecular formula is C21H27N7O3. The van der Waals surface area contributed by atoms with Crippen molar-refractivity contribution < 1.29 is 14.6 Å². The summed E-state index contributed by atoms with van der Waals surface area (Å²) in [5.41, 5.74) is 0.594. The standard InChI is InChI=1S/C21H27N7O3/c1-21(2,30)8-10-23-19(29)14-12-25-28-17(22-3)11-16(27-18(14)28)26-15-5-4-9-24-20(15)31-13-6-7-13/h4-5,9,11-13,22,30H,6-8,10H2,1-3H3,(H,23,29)(H,26,27). The van der Waals surface area contributed by atoms with Crippen LogP contribution < -0.4 is 20.7 Å². The fourth-order valence-electron chi connectivity index (χ4n) is 3.00. The molecule has 0 saturated heterocycles. The molecule has 0 atom stereocenters. The summed E-state index contributed by atoms with van der Waals surface area (Å²) >= 11 is 0. The van der Waals surface area contributed by atoms with Crippen molar-refractivity contribution in [2.24, 2.45) is 0 Å². The average molecular weight is 425 g/mol. The molecule has 1 aliphatic carbocycles. The fourth-order valence-corrected chi connectivity index (χ4v) is 3.00. The summed E-state index contributed by atoms with van der Waals surface area (Å²) in [7, 11) is 1.77. The van der Waals surface area contributed by atoms with Gasteiger partial charge in [-0.05, 0) is 45.2 Å². The third-order valence-corrected chi connectivity index (χ3v) is 4.83. The van der Waals surface area contributed by atoms with Crippen LogP contribution in [0.15, 0.2) is 30.6 Å². The van der Waals surface area contributed by atoms with Crippen molar-refractivity contribution in [2.45, 2.75) is 44.8 Å². The van der Waals surface area contributed by atoms with Crippen LogP contribution in [0.2, 0.25) is 0 Å². The highest BCUT2D eigenvalue weighted by molar-refractivity contribution is 6.00. The van der Waals surface area contributed by atoms with Crippen molar-refractivity contribution in [2.75, 3.05) is 24.2 Å². The molecule has 10 nitrogen and oxygen atoms in total. The third kappa shape index (κ3) is 5.02. The summed E-state index contributed by atoms with van der Waals surface area (Å²) in [5.74, 6) is 1.41. The molecule has 3 aromatic heterocycles. The first kappa shape index (κ1) is 20.9. The molecule has 0 aliphatic heterocycles. The quantitative estimate of drug-likeness (QED) is 0.412. The zero-order valence-corrected chi connectivity index (χ0v) is 17.8. The molecule has 0 bridgehead atoms. The van der Waals surface area contributed by atoms with Crippen LogP contribution >= 0.6 is 0 Å². The van der Waals surface area contributed by atoms with Crippen molar-refractivity contribution in [1.82, 2.24) is 24.9 Å². The number of hydrogen-bond donors (Lipinski definition) is 4. The van der Waals surface area contributed by atoms with Crippen LogP contribution in [-0.4, -0.2) is 55.9 Å². The second-order valence-corrected chi connectivity index (χ2v) is 8.19. The molecule has 0 aromatic carbocycles. The molecule has 3 aromatic rings. The van der Waals surface area contributed by atoms with Gasteiger partial charge in [0, 0.05) is 25.9 Å². The first-order chi connectivity index (χ1) is 14.8. The van der Waals surface area contributed by atoms with E-state index in [1.807, 2.05) is 12.1 Å². The predicted molar refractivity (Wildman–Crippen MR) is 117 cm³/mol. The zero-order chi connectivity index (χ0) is 22.0. The number of aromatic nitrogens is 4. The van der Waals surface area contributed by atoms with Gasteiger partial charge in [0.2, 0.25) is 5.88 Å². The van der Waals surface area contributed by atoms with Crippen molar-refractivity contribution in [1.29, 1.82) is 0 Å². The van der Waals surface area contributed by atoms with E-state index in [2.05, 4.69) is 31.0 Å². The Balaban J connectivity index is 1.60. The molecule has 1 fully saturated rings. The minimum atomic E-state index is -0.854. The highest BCUT2D eigenvalue weighted by atomic mass is 16.5. The molecule has 1 aliphatic rings. The van der Waals surface area contributed by atoms with E-state index in [0.29, 0.717) is 47.4 Å². The SMILES string of the molecule is CNc1cc(Nc2cccnc2OC2CC2)nc2c(C(=O)NCCC(C)(C)O)cnn12. The van der Waals surface area contributed by atoms with E-state index < -0.39 is 5.60 Å². The third-order valence-electron chi connectivity index (χ3n) is 4.83. The van der Waals surface area contributed by atoms with E-state index in [1.54, 1.807) is 37.7 Å². The molecule has 3 heterocycles. The first-order valence-electron chi connectivity index (χ1n) is 10.3. The number of carbonyl (C=O) groups is 1. The number of hydrogen-bond acceptors (Lipinski definition) is 8. The smallest absolute Gasteiger partial charge is 0.256 e. The summed E-state index contributed by atoms with van der Waals surface area (Å²) in [6.07, 6.45) is 5.89. The average Bonchev–Trinajstić information content (AvgIpc) is 3.43. The lowest BCUT2D eigenvalue weighted by molar-refractivity contribution is 0.0693. The van der Waals surface area contributed by atoms with Crippen LogP contribution in [0.25, 0.3) is 5.65 Å². The summed E-state index contributed by atoms with van der Waals surface area (Å²) in [6, 6.07) is 5.49. The lowest BCUT2D eigenvalue weighted by Gasteiger charge is -2.16. The van der Waals surface area contributed by atoms with Crippen LogP contribution in [-0.2, 0) is 0 Å². The van der Waals surface area contributed by atoms with Gasteiger partial charge < -0.3 is 25.8 Å². The Morgan fingerprint density at radius 1 is 1.39 bits per heavy atom. The largest absolute Gasteiger partial charge is 0.473 e. The number of anilines is 3. The maximum Gasteiger partial charge on any atom is 0.256 e. The van der Waals surface area contributed by atoms with Gasteiger partial charge in [0.1, 0.15) is 29.0 Å². The van der Waals surface area contributed by atoms with Crippen molar-refractivity contribution >= 4 is 28.9 Å². The lowest BCUT2D eigenvalue weighted by Crippen LogP contribution is -2.30. The van der Waals surface area contributed by atoms with E-state index in [9.17, 15) is 9.90 Å². The number of rotatable bonds is 9. The second kappa shape index (κ2) is 8.38. The molecule has 10 heteroatoms. The maximum atomic E-state index is 12.7. The fraction of sp³-hybridized carbons (Fsp3) is 0.429. The summed E-state index contributed by atoms with van der Waals surface area (Å²) in [5, 5.41) is 23.3.